The van der Waals surface area contributed by atoms with Gasteiger partial charge in [-0.3, -0.25) is 9.59 Å². The smallest absolute Gasteiger partial charge is 0.313 e. The van der Waals surface area contributed by atoms with Crippen molar-refractivity contribution in [2.45, 2.75) is 19.6 Å². The predicted octanol–water partition coefficient (Wildman–Crippen LogP) is 4.22. The first-order valence-electron chi connectivity index (χ1n) is 9.15. The third-order valence-corrected chi connectivity index (χ3v) is 4.28. The van der Waals surface area contributed by atoms with E-state index in [0.717, 1.165) is 5.56 Å². The molecule has 0 bridgehead atoms. The van der Waals surface area contributed by atoms with E-state index in [1.165, 1.54) is 12.1 Å². The third kappa shape index (κ3) is 5.90. The minimum atomic E-state index is -0.781. The van der Waals surface area contributed by atoms with Crippen LogP contribution in [0.1, 0.15) is 24.1 Å². The number of anilines is 1. The van der Waals surface area contributed by atoms with Gasteiger partial charge in [-0.05, 0) is 54.4 Å². The van der Waals surface area contributed by atoms with Gasteiger partial charge in [-0.25, -0.2) is 4.39 Å². The van der Waals surface area contributed by atoms with Crippen molar-refractivity contribution in [1.82, 2.24) is 5.32 Å². The van der Waals surface area contributed by atoms with Crippen LogP contribution in [0, 0.1) is 5.82 Å². The molecule has 0 aliphatic heterocycles. The van der Waals surface area contributed by atoms with Gasteiger partial charge in [0, 0.05) is 5.69 Å². The number of ether oxygens (including phenoxy) is 1. The van der Waals surface area contributed by atoms with Crippen LogP contribution in [0.2, 0.25) is 0 Å². The fourth-order valence-electron chi connectivity index (χ4n) is 2.66. The summed E-state index contributed by atoms with van der Waals surface area (Å²) in [5.74, 6) is -1.26. The van der Waals surface area contributed by atoms with Crippen LogP contribution in [0.5, 0.6) is 5.75 Å². The zero-order valence-electron chi connectivity index (χ0n) is 15.9. The predicted molar refractivity (Wildman–Crippen MR) is 109 cm³/mol. The molecular weight excluding hydrogens is 371 g/mol. The molecule has 2 N–H and O–H groups in total. The highest BCUT2D eigenvalue weighted by atomic mass is 19.1. The Morgan fingerprint density at radius 1 is 0.897 bits per heavy atom. The Balaban J connectivity index is 1.50. The second kappa shape index (κ2) is 9.50. The molecule has 148 valence electrons. The number of hydrogen-bond donors (Lipinski definition) is 2. The SMILES string of the molecule is C[C@@H](NC(=O)C(=O)Nc1ccc(OCc2ccccc2)cc1)c1ccc(F)cc1. The van der Waals surface area contributed by atoms with Crippen molar-refractivity contribution in [3.05, 3.63) is 95.8 Å². The summed E-state index contributed by atoms with van der Waals surface area (Å²) >= 11 is 0. The van der Waals surface area contributed by atoms with E-state index < -0.39 is 17.9 Å². The van der Waals surface area contributed by atoms with Gasteiger partial charge in [-0.1, -0.05) is 42.5 Å². The van der Waals surface area contributed by atoms with Crippen LogP contribution in [0.25, 0.3) is 0 Å². The Bertz CT molecular complexity index is 958. The maximum absolute atomic E-state index is 13.0. The Kier molecular flexibility index (Phi) is 6.58. The summed E-state index contributed by atoms with van der Waals surface area (Å²) in [6.07, 6.45) is 0. The first-order valence-corrected chi connectivity index (χ1v) is 9.15. The maximum Gasteiger partial charge on any atom is 0.313 e. The molecule has 0 unspecified atom stereocenters. The Morgan fingerprint density at radius 2 is 1.55 bits per heavy atom. The highest BCUT2D eigenvalue weighted by Crippen LogP contribution is 2.17. The fraction of sp³-hybridized carbons (Fsp3) is 0.130. The number of benzene rings is 3. The molecule has 3 aromatic carbocycles. The molecule has 0 aromatic heterocycles. The first kappa shape index (κ1) is 20.1. The lowest BCUT2D eigenvalue weighted by Gasteiger charge is -2.14. The van der Waals surface area contributed by atoms with Gasteiger partial charge in [0.05, 0.1) is 6.04 Å². The quantitative estimate of drug-likeness (QED) is 0.617. The number of carbonyl (C=O) groups excluding carboxylic acids is 2. The van der Waals surface area contributed by atoms with E-state index >= 15 is 0 Å². The van der Waals surface area contributed by atoms with E-state index in [9.17, 15) is 14.0 Å². The molecule has 0 fully saturated rings. The molecule has 3 aromatic rings. The van der Waals surface area contributed by atoms with E-state index in [4.69, 9.17) is 4.74 Å². The molecule has 0 aliphatic rings. The molecule has 0 heterocycles. The lowest BCUT2D eigenvalue weighted by molar-refractivity contribution is -0.136. The second-order valence-electron chi connectivity index (χ2n) is 6.50. The zero-order chi connectivity index (χ0) is 20.6. The van der Waals surface area contributed by atoms with Crippen molar-refractivity contribution in [1.29, 1.82) is 0 Å². The van der Waals surface area contributed by atoms with Crippen molar-refractivity contribution in [3.63, 3.8) is 0 Å². The van der Waals surface area contributed by atoms with Gasteiger partial charge in [0.2, 0.25) is 0 Å². The second-order valence-corrected chi connectivity index (χ2v) is 6.50. The molecule has 0 spiro atoms. The van der Waals surface area contributed by atoms with Crippen LogP contribution in [0.15, 0.2) is 78.9 Å². The van der Waals surface area contributed by atoms with Crippen molar-refractivity contribution in [2.75, 3.05) is 5.32 Å². The summed E-state index contributed by atoms with van der Waals surface area (Å²) in [4.78, 5) is 24.2. The Labute approximate surface area is 168 Å². The van der Waals surface area contributed by atoms with E-state index in [2.05, 4.69) is 10.6 Å². The largest absolute Gasteiger partial charge is 0.489 e. The Morgan fingerprint density at radius 3 is 2.21 bits per heavy atom. The van der Waals surface area contributed by atoms with Crippen molar-refractivity contribution >= 4 is 17.5 Å². The van der Waals surface area contributed by atoms with Crippen LogP contribution in [0.3, 0.4) is 0 Å². The summed E-state index contributed by atoms with van der Waals surface area (Å²) in [5, 5.41) is 5.13. The number of rotatable bonds is 6. The minimum absolute atomic E-state index is 0.360. The van der Waals surface area contributed by atoms with Gasteiger partial charge in [-0.2, -0.15) is 0 Å². The number of hydrogen-bond acceptors (Lipinski definition) is 3. The van der Waals surface area contributed by atoms with E-state index in [-0.39, 0.29) is 5.82 Å². The molecule has 3 rings (SSSR count). The molecule has 5 nitrogen and oxygen atoms in total. The number of nitrogens with one attached hydrogen (secondary N) is 2. The van der Waals surface area contributed by atoms with Crippen LogP contribution in [0.4, 0.5) is 10.1 Å². The summed E-state index contributed by atoms with van der Waals surface area (Å²) in [6, 6.07) is 21.8. The first-order chi connectivity index (χ1) is 14.0. The average Bonchev–Trinajstić information content (AvgIpc) is 2.74. The maximum atomic E-state index is 13.0. The topological polar surface area (TPSA) is 67.4 Å². The molecule has 0 radical (unpaired) electrons. The van der Waals surface area contributed by atoms with Gasteiger partial charge in [0.1, 0.15) is 18.2 Å². The molecule has 29 heavy (non-hydrogen) atoms. The molecule has 2 amide bonds. The molecule has 0 aliphatic carbocycles. The molecule has 1 atom stereocenters. The molecule has 0 saturated carbocycles. The number of amides is 2. The highest BCUT2D eigenvalue weighted by molar-refractivity contribution is 6.39. The highest BCUT2D eigenvalue weighted by Gasteiger charge is 2.17. The molecule has 6 heteroatoms. The van der Waals surface area contributed by atoms with Gasteiger partial charge < -0.3 is 15.4 Å². The Hall–Kier alpha value is -3.67. The van der Waals surface area contributed by atoms with Crippen molar-refractivity contribution < 1.29 is 18.7 Å². The van der Waals surface area contributed by atoms with E-state index in [1.54, 1.807) is 43.3 Å². The molecular formula is C23H21FN2O3. The number of halogens is 1. The van der Waals surface area contributed by atoms with E-state index in [0.29, 0.717) is 23.6 Å². The summed E-state index contributed by atoms with van der Waals surface area (Å²) < 4.78 is 18.7. The third-order valence-electron chi connectivity index (χ3n) is 4.28. The molecule has 0 saturated heterocycles. The van der Waals surface area contributed by atoms with Crippen molar-refractivity contribution in [2.24, 2.45) is 0 Å². The average molecular weight is 392 g/mol. The lowest BCUT2D eigenvalue weighted by Crippen LogP contribution is -2.36. The van der Waals surface area contributed by atoms with Crippen LogP contribution in [-0.2, 0) is 16.2 Å². The minimum Gasteiger partial charge on any atom is -0.489 e. The normalized spacial score (nSPS) is 11.4. The van der Waals surface area contributed by atoms with Crippen LogP contribution < -0.4 is 15.4 Å². The van der Waals surface area contributed by atoms with Gasteiger partial charge in [-0.15, -0.1) is 0 Å². The van der Waals surface area contributed by atoms with Gasteiger partial charge >= 0.3 is 11.8 Å². The number of carbonyl (C=O) groups is 2. The monoisotopic (exact) mass is 392 g/mol. The van der Waals surface area contributed by atoms with E-state index in [1.807, 2.05) is 30.3 Å². The lowest BCUT2D eigenvalue weighted by atomic mass is 10.1. The summed E-state index contributed by atoms with van der Waals surface area (Å²) in [6.45, 7) is 2.16. The van der Waals surface area contributed by atoms with Crippen LogP contribution >= 0.6 is 0 Å². The standard InChI is InChI=1S/C23H21FN2O3/c1-16(18-7-9-19(24)10-8-18)25-22(27)23(28)26-20-11-13-21(14-12-20)29-15-17-5-3-2-4-6-17/h2-14,16H,15H2,1H3,(H,25,27)(H,26,28)/t16-/m1/s1. The summed E-state index contributed by atoms with van der Waals surface area (Å²) in [7, 11) is 0. The fourth-order valence-corrected chi connectivity index (χ4v) is 2.66. The zero-order valence-corrected chi connectivity index (χ0v) is 15.9. The van der Waals surface area contributed by atoms with Crippen LogP contribution in [-0.4, -0.2) is 11.8 Å². The van der Waals surface area contributed by atoms with Gasteiger partial charge in [0.15, 0.2) is 0 Å². The van der Waals surface area contributed by atoms with Crippen molar-refractivity contribution in [3.8, 4) is 5.75 Å². The van der Waals surface area contributed by atoms with Gasteiger partial charge in [0.25, 0.3) is 0 Å². The summed E-state index contributed by atoms with van der Waals surface area (Å²) in [5.41, 5.74) is 2.23.